The van der Waals surface area contributed by atoms with E-state index in [4.69, 9.17) is 9.47 Å². The first-order valence-electron chi connectivity index (χ1n) is 11.0. The first kappa shape index (κ1) is 22.9. The van der Waals surface area contributed by atoms with Gasteiger partial charge in [0.1, 0.15) is 11.5 Å². The minimum Gasteiger partial charge on any atom is -0.497 e. The molecule has 0 saturated heterocycles. The van der Waals surface area contributed by atoms with Gasteiger partial charge in [0.25, 0.3) is 5.91 Å². The number of hydrogen-bond acceptors (Lipinski definition) is 4. The molecule has 172 valence electrons. The van der Waals surface area contributed by atoms with Crippen molar-refractivity contribution >= 4 is 34.0 Å². The first-order valence-corrected chi connectivity index (χ1v) is 11.0. The van der Waals surface area contributed by atoms with Gasteiger partial charge in [-0.1, -0.05) is 48.5 Å². The van der Waals surface area contributed by atoms with Gasteiger partial charge in [-0.25, -0.2) is 0 Å². The lowest BCUT2D eigenvalue weighted by atomic mass is 9.97. The van der Waals surface area contributed by atoms with Crippen molar-refractivity contribution in [1.29, 1.82) is 0 Å². The molecule has 0 heterocycles. The molecule has 2 amide bonds. The Morgan fingerprint density at radius 1 is 0.765 bits per heavy atom. The summed E-state index contributed by atoms with van der Waals surface area (Å²) in [5.41, 5.74) is 2.09. The summed E-state index contributed by atoms with van der Waals surface area (Å²) >= 11 is 0. The number of methoxy groups -OCH3 is 1. The maximum atomic E-state index is 12.9. The molecule has 0 aromatic heterocycles. The van der Waals surface area contributed by atoms with E-state index in [-0.39, 0.29) is 24.3 Å². The van der Waals surface area contributed by atoms with Crippen LogP contribution in [-0.2, 0) is 9.59 Å². The molecule has 0 radical (unpaired) electrons. The van der Waals surface area contributed by atoms with Crippen molar-refractivity contribution in [1.82, 2.24) is 0 Å². The second-order valence-electron chi connectivity index (χ2n) is 7.91. The van der Waals surface area contributed by atoms with Gasteiger partial charge in [-0.3, -0.25) is 9.59 Å². The third-order valence-corrected chi connectivity index (χ3v) is 5.49. The van der Waals surface area contributed by atoms with E-state index in [1.165, 1.54) is 0 Å². The molecule has 6 nitrogen and oxygen atoms in total. The summed E-state index contributed by atoms with van der Waals surface area (Å²) in [7, 11) is 1.64. The fourth-order valence-corrected chi connectivity index (χ4v) is 3.58. The summed E-state index contributed by atoms with van der Waals surface area (Å²) in [6.45, 7) is 1.76. The van der Waals surface area contributed by atoms with Crippen molar-refractivity contribution in [3.8, 4) is 11.5 Å². The van der Waals surface area contributed by atoms with Crippen molar-refractivity contribution in [2.75, 3.05) is 24.4 Å². The standard InChI is InChI=1S/C28H26N2O4/c1-19(20-11-12-22-16-26(33-2)14-13-21(22)15-20)28(32)30-24-8-6-7-23(17-24)29-27(31)18-34-25-9-4-3-5-10-25/h3-17,19H,18H2,1-2H3,(H,29,31)(H,30,32)/t19-/m0/s1. The zero-order valence-electron chi connectivity index (χ0n) is 19.1. The minimum absolute atomic E-state index is 0.106. The SMILES string of the molecule is COc1ccc2cc([C@H](C)C(=O)Nc3cccc(NC(=O)COc4ccccc4)c3)ccc2c1. The molecular formula is C28H26N2O4. The normalized spacial score (nSPS) is 11.5. The Morgan fingerprint density at radius 2 is 1.47 bits per heavy atom. The van der Waals surface area contributed by atoms with E-state index >= 15 is 0 Å². The molecule has 4 aromatic carbocycles. The Kier molecular flexibility index (Phi) is 7.08. The van der Waals surface area contributed by atoms with Crippen LogP contribution in [0.15, 0.2) is 91.0 Å². The van der Waals surface area contributed by atoms with E-state index in [2.05, 4.69) is 10.6 Å². The van der Waals surface area contributed by atoms with E-state index in [0.717, 1.165) is 22.1 Å². The lowest BCUT2D eigenvalue weighted by molar-refractivity contribution is -0.118. The number of para-hydroxylation sites is 1. The maximum Gasteiger partial charge on any atom is 0.262 e. The molecule has 2 N–H and O–H groups in total. The maximum absolute atomic E-state index is 12.9. The van der Waals surface area contributed by atoms with Gasteiger partial charge >= 0.3 is 0 Å². The fraction of sp³-hybridized carbons (Fsp3) is 0.143. The number of amides is 2. The molecule has 6 heteroatoms. The van der Waals surface area contributed by atoms with Gasteiger partial charge in [-0.15, -0.1) is 0 Å². The molecule has 34 heavy (non-hydrogen) atoms. The van der Waals surface area contributed by atoms with Crippen LogP contribution < -0.4 is 20.1 Å². The molecular weight excluding hydrogens is 428 g/mol. The Labute approximate surface area is 198 Å². The third kappa shape index (κ3) is 5.72. The van der Waals surface area contributed by atoms with Crippen LogP contribution in [0.4, 0.5) is 11.4 Å². The summed E-state index contributed by atoms with van der Waals surface area (Å²) in [5.74, 6) is 0.645. The lowest BCUT2D eigenvalue weighted by Crippen LogP contribution is -2.21. The number of nitrogens with one attached hydrogen (secondary N) is 2. The summed E-state index contributed by atoms with van der Waals surface area (Å²) in [4.78, 5) is 25.1. The van der Waals surface area contributed by atoms with Crippen molar-refractivity contribution in [3.63, 3.8) is 0 Å². The molecule has 4 rings (SSSR count). The predicted molar refractivity (Wildman–Crippen MR) is 135 cm³/mol. The Morgan fingerprint density at radius 3 is 2.24 bits per heavy atom. The van der Waals surface area contributed by atoms with Gasteiger partial charge < -0.3 is 20.1 Å². The Hall–Kier alpha value is -4.32. The summed E-state index contributed by atoms with van der Waals surface area (Å²) in [6, 6.07) is 28.0. The average molecular weight is 455 g/mol. The molecule has 0 spiro atoms. The number of hydrogen-bond donors (Lipinski definition) is 2. The molecule has 0 aliphatic heterocycles. The van der Waals surface area contributed by atoms with E-state index in [9.17, 15) is 9.59 Å². The predicted octanol–water partition coefficient (Wildman–Crippen LogP) is 5.61. The van der Waals surface area contributed by atoms with E-state index in [0.29, 0.717) is 17.1 Å². The second kappa shape index (κ2) is 10.5. The molecule has 0 unspecified atom stereocenters. The Balaban J connectivity index is 1.37. The number of carbonyl (C=O) groups excluding carboxylic acids is 2. The van der Waals surface area contributed by atoms with Crippen LogP contribution in [0, 0.1) is 0 Å². The van der Waals surface area contributed by atoms with E-state index in [1.807, 2.05) is 61.5 Å². The fourth-order valence-electron chi connectivity index (χ4n) is 3.58. The quantitative estimate of drug-likeness (QED) is 0.363. The van der Waals surface area contributed by atoms with Crippen LogP contribution in [0.25, 0.3) is 10.8 Å². The van der Waals surface area contributed by atoms with Crippen molar-refractivity contribution in [3.05, 3.63) is 96.6 Å². The van der Waals surface area contributed by atoms with Gasteiger partial charge in [-0.2, -0.15) is 0 Å². The van der Waals surface area contributed by atoms with Crippen LogP contribution in [0.2, 0.25) is 0 Å². The first-order chi connectivity index (χ1) is 16.5. The molecule has 0 fully saturated rings. The van der Waals surface area contributed by atoms with Gasteiger partial charge in [0, 0.05) is 11.4 Å². The number of fused-ring (bicyclic) bond motifs is 1. The van der Waals surface area contributed by atoms with Gasteiger partial charge in [0.05, 0.1) is 13.0 Å². The highest BCUT2D eigenvalue weighted by atomic mass is 16.5. The lowest BCUT2D eigenvalue weighted by Gasteiger charge is -2.15. The number of carbonyl (C=O) groups is 2. The summed E-state index contributed by atoms with van der Waals surface area (Å²) in [6.07, 6.45) is 0. The van der Waals surface area contributed by atoms with Crippen LogP contribution >= 0.6 is 0 Å². The van der Waals surface area contributed by atoms with E-state index < -0.39 is 0 Å². The molecule has 0 aliphatic carbocycles. The van der Waals surface area contributed by atoms with Crippen LogP contribution in [0.3, 0.4) is 0 Å². The molecule has 4 aromatic rings. The van der Waals surface area contributed by atoms with Crippen molar-refractivity contribution in [2.24, 2.45) is 0 Å². The smallest absolute Gasteiger partial charge is 0.262 e. The Bertz CT molecular complexity index is 1300. The minimum atomic E-state index is -0.357. The highest BCUT2D eigenvalue weighted by molar-refractivity contribution is 5.98. The monoisotopic (exact) mass is 454 g/mol. The van der Waals surface area contributed by atoms with E-state index in [1.54, 1.807) is 43.5 Å². The second-order valence-corrected chi connectivity index (χ2v) is 7.91. The molecule has 0 bridgehead atoms. The summed E-state index contributed by atoms with van der Waals surface area (Å²) in [5, 5.41) is 7.82. The van der Waals surface area contributed by atoms with Crippen LogP contribution in [-0.4, -0.2) is 25.5 Å². The number of rotatable bonds is 8. The van der Waals surface area contributed by atoms with Crippen molar-refractivity contribution in [2.45, 2.75) is 12.8 Å². The molecule has 1 atom stereocenters. The molecule has 0 saturated carbocycles. The van der Waals surface area contributed by atoms with Crippen LogP contribution in [0.1, 0.15) is 18.4 Å². The number of anilines is 2. The zero-order valence-corrected chi connectivity index (χ0v) is 19.1. The highest BCUT2D eigenvalue weighted by Crippen LogP contribution is 2.26. The number of ether oxygens (including phenoxy) is 2. The van der Waals surface area contributed by atoms with Gasteiger partial charge in [0.15, 0.2) is 6.61 Å². The topological polar surface area (TPSA) is 76.7 Å². The number of benzene rings is 4. The summed E-state index contributed by atoms with van der Waals surface area (Å²) < 4.78 is 10.7. The van der Waals surface area contributed by atoms with Gasteiger partial charge in [0.2, 0.25) is 5.91 Å². The molecule has 0 aliphatic rings. The van der Waals surface area contributed by atoms with Crippen molar-refractivity contribution < 1.29 is 19.1 Å². The average Bonchev–Trinajstić information content (AvgIpc) is 2.87. The van der Waals surface area contributed by atoms with Gasteiger partial charge in [-0.05, 0) is 65.7 Å². The van der Waals surface area contributed by atoms with Crippen LogP contribution in [0.5, 0.6) is 11.5 Å². The zero-order chi connectivity index (χ0) is 23.9. The highest BCUT2D eigenvalue weighted by Gasteiger charge is 2.16. The largest absolute Gasteiger partial charge is 0.497 e. The third-order valence-electron chi connectivity index (χ3n) is 5.49.